The van der Waals surface area contributed by atoms with Crippen LogP contribution in [0.25, 0.3) is 17.0 Å². The molecule has 36 heavy (non-hydrogen) atoms. The number of H-pyrrole nitrogens is 1. The van der Waals surface area contributed by atoms with E-state index < -0.39 is 18.1 Å². The number of fused-ring (bicyclic) bond motifs is 2. The van der Waals surface area contributed by atoms with Crippen molar-refractivity contribution in [2.45, 2.75) is 38.9 Å². The Kier molecular flexibility index (Phi) is 7.21. The minimum atomic E-state index is -4.93. The molecule has 0 spiro atoms. The molecule has 1 aliphatic rings. The summed E-state index contributed by atoms with van der Waals surface area (Å²) < 4.78 is 56.2. The quantitative estimate of drug-likeness (QED) is 0.280. The van der Waals surface area contributed by atoms with Gasteiger partial charge in [-0.15, -0.1) is 0 Å². The molecule has 1 amide bonds. The number of nitrogens with zero attached hydrogens (tertiary/aromatic N) is 2. The molecule has 3 aromatic rings. The van der Waals surface area contributed by atoms with Crippen molar-refractivity contribution in [1.29, 1.82) is 0 Å². The van der Waals surface area contributed by atoms with E-state index in [1.54, 1.807) is 26.0 Å². The maximum absolute atomic E-state index is 13.2. The fourth-order valence-corrected chi connectivity index (χ4v) is 4.43. The first-order valence-electron chi connectivity index (χ1n) is 11.3. The Hall–Kier alpha value is -3.60. The molecular weight excluding hydrogens is 495 g/mol. The number of hydrogen-bond acceptors (Lipinski definition) is 6. The SMILES string of the molecule is CCC(C/C=C1\c2ccc(-c3nc(=S)o[nH]3)cc2Oc2c(OC)cccc21)N(CC)C(=O)C(F)(F)F. The Morgan fingerprint density at radius 2 is 2.03 bits per heavy atom. The molecule has 11 heteroatoms. The van der Waals surface area contributed by atoms with Crippen molar-refractivity contribution in [3.05, 3.63) is 58.4 Å². The molecule has 0 fully saturated rings. The maximum atomic E-state index is 13.2. The lowest BCUT2D eigenvalue weighted by molar-refractivity contribution is -0.187. The first-order chi connectivity index (χ1) is 17.2. The summed E-state index contributed by atoms with van der Waals surface area (Å²) in [4.78, 5) is 17.1. The molecule has 0 bridgehead atoms. The minimum absolute atomic E-state index is 0.0491. The van der Waals surface area contributed by atoms with Crippen LogP contribution in [0.3, 0.4) is 0 Å². The Morgan fingerprint density at radius 1 is 1.25 bits per heavy atom. The topological polar surface area (TPSA) is 80.6 Å². The molecule has 0 saturated heterocycles. The van der Waals surface area contributed by atoms with Crippen molar-refractivity contribution in [2.24, 2.45) is 0 Å². The summed E-state index contributed by atoms with van der Waals surface area (Å²) in [6.07, 6.45) is -2.50. The van der Waals surface area contributed by atoms with Crippen LogP contribution in [-0.4, -0.2) is 46.8 Å². The van der Waals surface area contributed by atoms with E-state index in [1.807, 2.05) is 30.3 Å². The highest BCUT2D eigenvalue weighted by Gasteiger charge is 2.43. The monoisotopic (exact) mass is 519 g/mol. The number of hydrogen-bond donors (Lipinski definition) is 1. The van der Waals surface area contributed by atoms with Crippen LogP contribution in [0.5, 0.6) is 17.2 Å². The number of nitrogens with one attached hydrogen (secondary N) is 1. The lowest BCUT2D eigenvalue weighted by Gasteiger charge is -2.31. The standard InChI is InChI=1S/C25H24F3N3O4S/c1-4-15(31(5-2)23(32)25(26,27)28)10-12-16-17-11-9-14(22-29-24(36)35-30-22)13-20(17)34-21-18(16)7-6-8-19(21)33-3/h6-9,11-13,15H,4-5,10H2,1-3H3,(H,29,30,36)/b16-12+. The van der Waals surface area contributed by atoms with E-state index in [0.29, 0.717) is 35.1 Å². The molecule has 2 heterocycles. The van der Waals surface area contributed by atoms with Gasteiger partial charge in [0.1, 0.15) is 5.75 Å². The second kappa shape index (κ2) is 10.2. The van der Waals surface area contributed by atoms with E-state index in [2.05, 4.69) is 10.1 Å². The number of benzene rings is 2. The van der Waals surface area contributed by atoms with Gasteiger partial charge in [0, 0.05) is 29.3 Å². The summed E-state index contributed by atoms with van der Waals surface area (Å²) in [7, 11) is 1.53. The number of methoxy groups -OCH3 is 1. The third-order valence-electron chi connectivity index (χ3n) is 6.03. The number of para-hydroxylation sites is 1. The highest BCUT2D eigenvalue weighted by Crippen LogP contribution is 2.48. The van der Waals surface area contributed by atoms with Crippen molar-refractivity contribution in [1.82, 2.24) is 15.0 Å². The molecule has 0 saturated carbocycles. The van der Waals surface area contributed by atoms with Gasteiger partial charge in [0.2, 0.25) is 0 Å². The predicted octanol–water partition coefficient (Wildman–Crippen LogP) is 6.52. The smallest absolute Gasteiger partial charge is 0.471 e. The van der Waals surface area contributed by atoms with E-state index in [1.165, 1.54) is 7.11 Å². The highest BCUT2D eigenvalue weighted by atomic mass is 32.1. The Morgan fingerprint density at radius 3 is 2.64 bits per heavy atom. The van der Waals surface area contributed by atoms with Gasteiger partial charge in [0.05, 0.1) is 7.11 Å². The fourth-order valence-electron chi connectivity index (χ4n) is 4.30. The number of carbonyl (C=O) groups is 1. The molecule has 2 aromatic carbocycles. The zero-order valence-electron chi connectivity index (χ0n) is 19.8. The molecule has 1 aliphatic heterocycles. The van der Waals surface area contributed by atoms with Gasteiger partial charge >= 0.3 is 16.9 Å². The van der Waals surface area contributed by atoms with Crippen molar-refractivity contribution in [2.75, 3.05) is 13.7 Å². The largest absolute Gasteiger partial charge is 0.493 e. The molecular formula is C25H24F3N3O4S. The summed E-state index contributed by atoms with van der Waals surface area (Å²) in [6, 6.07) is 10.2. The number of amides is 1. The number of rotatable bonds is 7. The molecule has 1 atom stereocenters. The van der Waals surface area contributed by atoms with Crippen LogP contribution in [0.2, 0.25) is 0 Å². The first kappa shape index (κ1) is 25.5. The molecule has 4 rings (SSSR count). The number of alkyl halides is 3. The number of aromatic nitrogens is 2. The van der Waals surface area contributed by atoms with Crippen LogP contribution in [0, 0.1) is 4.84 Å². The third kappa shape index (κ3) is 4.88. The second-order valence-electron chi connectivity index (χ2n) is 8.08. The lowest BCUT2D eigenvalue weighted by Crippen LogP contribution is -2.46. The van der Waals surface area contributed by atoms with Crippen LogP contribution in [0.4, 0.5) is 13.2 Å². The van der Waals surface area contributed by atoms with Gasteiger partial charge in [-0.05, 0) is 55.8 Å². The van der Waals surface area contributed by atoms with Crippen LogP contribution >= 0.6 is 12.2 Å². The fraction of sp³-hybridized carbons (Fsp3) is 0.320. The zero-order chi connectivity index (χ0) is 26.0. The Bertz CT molecular complexity index is 1360. The van der Waals surface area contributed by atoms with Crippen LogP contribution in [0.1, 0.15) is 37.8 Å². The average molecular weight is 520 g/mol. The molecule has 7 nitrogen and oxygen atoms in total. The maximum Gasteiger partial charge on any atom is 0.471 e. The van der Waals surface area contributed by atoms with Crippen molar-refractivity contribution >= 4 is 23.7 Å². The molecule has 190 valence electrons. The summed E-state index contributed by atoms with van der Waals surface area (Å²) >= 11 is 4.94. The number of ether oxygens (including phenoxy) is 2. The first-order valence-corrected chi connectivity index (χ1v) is 11.7. The van der Waals surface area contributed by atoms with Crippen molar-refractivity contribution in [3.8, 4) is 28.6 Å². The van der Waals surface area contributed by atoms with Gasteiger partial charge in [0.25, 0.3) is 0 Å². The number of aromatic amines is 1. The molecule has 1 aromatic heterocycles. The van der Waals surface area contributed by atoms with Crippen molar-refractivity contribution < 1.29 is 32.0 Å². The Labute approximate surface area is 210 Å². The number of halogens is 3. The molecule has 0 aliphatic carbocycles. The zero-order valence-corrected chi connectivity index (χ0v) is 20.6. The van der Waals surface area contributed by atoms with E-state index >= 15 is 0 Å². The van der Waals surface area contributed by atoms with E-state index in [0.717, 1.165) is 21.6 Å². The summed E-state index contributed by atoms with van der Waals surface area (Å²) in [5.74, 6) is 0.0859. The molecule has 1 unspecified atom stereocenters. The Balaban J connectivity index is 1.78. The average Bonchev–Trinajstić information content (AvgIpc) is 3.30. The minimum Gasteiger partial charge on any atom is -0.493 e. The third-order valence-corrected chi connectivity index (χ3v) is 6.21. The summed E-state index contributed by atoms with van der Waals surface area (Å²) in [5.41, 5.74) is 2.90. The summed E-state index contributed by atoms with van der Waals surface area (Å²) in [5, 5.41) is 2.66. The highest BCUT2D eigenvalue weighted by molar-refractivity contribution is 7.71. The van der Waals surface area contributed by atoms with Gasteiger partial charge in [-0.3, -0.25) is 4.79 Å². The van der Waals surface area contributed by atoms with E-state index in [4.69, 9.17) is 26.2 Å². The van der Waals surface area contributed by atoms with E-state index in [9.17, 15) is 18.0 Å². The van der Waals surface area contributed by atoms with Gasteiger partial charge in [-0.1, -0.05) is 31.2 Å². The second-order valence-corrected chi connectivity index (χ2v) is 8.43. The normalized spacial score (nSPS) is 14.6. The van der Waals surface area contributed by atoms with Crippen LogP contribution in [0.15, 0.2) is 47.0 Å². The van der Waals surface area contributed by atoms with Crippen LogP contribution in [-0.2, 0) is 4.79 Å². The summed E-state index contributed by atoms with van der Waals surface area (Å²) in [6.45, 7) is 3.26. The lowest BCUT2D eigenvalue weighted by atomic mass is 9.91. The van der Waals surface area contributed by atoms with Crippen LogP contribution < -0.4 is 9.47 Å². The molecule has 1 N–H and O–H groups in total. The van der Waals surface area contributed by atoms with Gasteiger partial charge < -0.3 is 18.9 Å². The van der Waals surface area contributed by atoms with Crippen molar-refractivity contribution in [3.63, 3.8) is 0 Å². The van der Waals surface area contributed by atoms with Gasteiger partial charge in [-0.2, -0.15) is 18.2 Å². The van der Waals surface area contributed by atoms with Gasteiger partial charge in [-0.25, -0.2) is 5.16 Å². The van der Waals surface area contributed by atoms with E-state index in [-0.39, 0.29) is 17.8 Å². The number of carbonyl (C=O) groups excluding carboxylic acids is 1. The predicted molar refractivity (Wildman–Crippen MR) is 129 cm³/mol. The van der Waals surface area contributed by atoms with Gasteiger partial charge in [0.15, 0.2) is 17.3 Å². The molecule has 0 radical (unpaired) electrons.